The van der Waals surface area contributed by atoms with Crippen molar-refractivity contribution in [3.63, 3.8) is 0 Å². The van der Waals surface area contributed by atoms with E-state index in [1.165, 1.54) is 12.4 Å². The van der Waals surface area contributed by atoms with Crippen LogP contribution in [0, 0.1) is 5.41 Å². The molecule has 0 saturated heterocycles. The summed E-state index contributed by atoms with van der Waals surface area (Å²) >= 11 is 0. The van der Waals surface area contributed by atoms with Crippen LogP contribution in [0.2, 0.25) is 0 Å². The molecule has 1 amide bonds. The summed E-state index contributed by atoms with van der Waals surface area (Å²) in [6, 6.07) is 0. The number of nitrogens with zero attached hydrogens (tertiary/aromatic N) is 2. The number of amides is 1. The number of ether oxygens (including phenoxy) is 1. The Kier molecular flexibility index (Phi) is 5.65. The van der Waals surface area contributed by atoms with Crippen molar-refractivity contribution in [1.82, 2.24) is 15.3 Å². The summed E-state index contributed by atoms with van der Waals surface area (Å²) in [4.78, 5) is 19.8. The third-order valence-electron chi connectivity index (χ3n) is 2.74. The minimum atomic E-state index is -0.249. The molecule has 0 aliphatic carbocycles. The molecule has 1 heterocycles. The zero-order chi connectivity index (χ0) is 14.3. The van der Waals surface area contributed by atoms with Gasteiger partial charge >= 0.3 is 0 Å². The van der Waals surface area contributed by atoms with Gasteiger partial charge in [0.1, 0.15) is 5.69 Å². The summed E-state index contributed by atoms with van der Waals surface area (Å²) < 4.78 is 5.04. The number of nitrogens with two attached hydrogens (primary N) is 1. The van der Waals surface area contributed by atoms with Crippen molar-refractivity contribution in [3.8, 4) is 0 Å². The molecule has 0 fully saturated rings. The molecule has 106 valence electrons. The quantitative estimate of drug-likeness (QED) is 0.492. The van der Waals surface area contributed by atoms with Gasteiger partial charge in [0, 0.05) is 20.3 Å². The fraction of sp³-hybridized carbons (Fsp3) is 0.583. The van der Waals surface area contributed by atoms with Crippen LogP contribution in [0.5, 0.6) is 0 Å². The van der Waals surface area contributed by atoms with Crippen LogP contribution in [-0.2, 0) is 4.74 Å². The lowest BCUT2D eigenvalue weighted by Gasteiger charge is -2.24. The van der Waals surface area contributed by atoms with Crippen LogP contribution in [-0.4, -0.2) is 36.1 Å². The SMILES string of the molecule is COCCC(C)(C)CNC(=O)c1cnc(NN)cn1. The third-order valence-corrected chi connectivity index (χ3v) is 2.74. The van der Waals surface area contributed by atoms with E-state index < -0.39 is 0 Å². The normalized spacial score (nSPS) is 11.2. The molecule has 4 N–H and O–H groups in total. The van der Waals surface area contributed by atoms with E-state index in [4.69, 9.17) is 10.6 Å². The number of anilines is 1. The number of hydrazine groups is 1. The largest absolute Gasteiger partial charge is 0.385 e. The van der Waals surface area contributed by atoms with Crippen LogP contribution >= 0.6 is 0 Å². The Morgan fingerprint density at radius 3 is 2.68 bits per heavy atom. The van der Waals surface area contributed by atoms with Crippen molar-refractivity contribution in [1.29, 1.82) is 0 Å². The highest BCUT2D eigenvalue weighted by atomic mass is 16.5. The molecule has 0 bridgehead atoms. The number of carbonyl (C=O) groups excluding carboxylic acids is 1. The summed E-state index contributed by atoms with van der Waals surface area (Å²) in [6.07, 6.45) is 3.66. The van der Waals surface area contributed by atoms with Crippen LogP contribution in [0.1, 0.15) is 30.8 Å². The van der Waals surface area contributed by atoms with Crippen molar-refractivity contribution in [2.24, 2.45) is 11.3 Å². The second-order valence-electron chi connectivity index (χ2n) is 5.02. The molecule has 0 atom stereocenters. The maximum absolute atomic E-state index is 11.9. The van der Waals surface area contributed by atoms with Crippen molar-refractivity contribution in [2.45, 2.75) is 20.3 Å². The van der Waals surface area contributed by atoms with Gasteiger partial charge in [0.05, 0.1) is 12.4 Å². The van der Waals surface area contributed by atoms with E-state index in [9.17, 15) is 4.79 Å². The van der Waals surface area contributed by atoms with Crippen LogP contribution in [0.25, 0.3) is 0 Å². The maximum atomic E-state index is 11.9. The van der Waals surface area contributed by atoms with Crippen LogP contribution in [0.15, 0.2) is 12.4 Å². The standard InChI is InChI=1S/C12H21N5O2/c1-12(2,4-5-19-3)8-16-11(18)9-6-15-10(17-13)7-14-9/h6-7H,4-5,8,13H2,1-3H3,(H,15,17)(H,16,18). The van der Waals surface area contributed by atoms with Crippen molar-refractivity contribution in [2.75, 3.05) is 25.7 Å². The molecule has 0 radical (unpaired) electrons. The number of hydrogen-bond donors (Lipinski definition) is 3. The Bertz CT molecular complexity index is 405. The molecule has 19 heavy (non-hydrogen) atoms. The van der Waals surface area contributed by atoms with E-state index in [1.54, 1.807) is 7.11 Å². The summed E-state index contributed by atoms with van der Waals surface area (Å²) in [5.41, 5.74) is 2.59. The lowest BCUT2D eigenvalue weighted by atomic mass is 9.90. The van der Waals surface area contributed by atoms with Crippen LogP contribution in [0.4, 0.5) is 5.82 Å². The average Bonchev–Trinajstić information content (AvgIpc) is 2.43. The highest BCUT2D eigenvalue weighted by Crippen LogP contribution is 2.18. The second kappa shape index (κ2) is 7.01. The van der Waals surface area contributed by atoms with Gasteiger partial charge in [0.15, 0.2) is 5.82 Å². The first-order chi connectivity index (χ1) is 8.98. The van der Waals surface area contributed by atoms with E-state index in [0.717, 1.165) is 6.42 Å². The second-order valence-corrected chi connectivity index (χ2v) is 5.02. The highest BCUT2D eigenvalue weighted by molar-refractivity contribution is 5.92. The number of nitrogen functional groups attached to an aromatic ring is 1. The monoisotopic (exact) mass is 267 g/mol. The number of hydrogen-bond acceptors (Lipinski definition) is 6. The average molecular weight is 267 g/mol. The Morgan fingerprint density at radius 2 is 2.16 bits per heavy atom. The Morgan fingerprint density at radius 1 is 1.42 bits per heavy atom. The number of methoxy groups -OCH3 is 1. The van der Waals surface area contributed by atoms with Gasteiger partial charge < -0.3 is 15.5 Å². The minimum absolute atomic E-state index is 0.0299. The number of rotatable bonds is 7. The molecule has 0 aliphatic rings. The van der Waals surface area contributed by atoms with Gasteiger partial charge in [-0.3, -0.25) is 4.79 Å². The molecule has 0 saturated carbocycles. The van der Waals surface area contributed by atoms with Gasteiger partial charge in [-0.1, -0.05) is 13.8 Å². The van der Waals surface area contributed by atoms with Crippen molar-refractivity contribution >= 4 is 11.7 Å². The highest BCUT2D eigenvalue weighted by Gasteiger charge is 2.19. The predicted octanol–water partition coefficient (Wildman–Crippen LogP) is 0.555. The molecule has 0 aliphatic heterocycles. The maximum Gasteiger partial charge on any atom is 0.271 e. The lowest BCUT2D eigenvalue weighted by Crippen LogP contribution is -2.35. The number of nitrogens with one attached hydrogen (secondary N) is 2. The fourth-order valence-corrected chi connectivity index (χ4v) is 1.40. The van der Waals surface area contributed by atoms with E-state index in [-0.39, 0.29) is 17.0 Å². The molecular weight excluding hydrogens is 246 g/mol. The minimum Gasteiger partial charge on any atom is -0.385 e. The van der Waals surface area contributed by atoms with E-state index >= 15 is 0 Å². The molecule has 7 heteroatoms. The molecule has 0 spiro atoms. The molecular formula is C12H21N5O2. The van der Waals surface area contributed by atoms with Gasteiger partial charge in [-0.2, -0.15) is 0 Å². The first-order valence-electron chi connectivity index (χ1n) is 6.04. The van der Waals surface area contributed by atoms with Gasteiger partial charge in [0.2, 0.25) is 0 Å². The van der Waals surface area contributed by atoms with Gasteiger partial charge in [0.25, 0.3) is 5.91 Å². The van der Waals surface area contributed by atoms with E-state index in [2.05, 4.69) is 34.6 Å². The summed E-state index contributed by atoms with van der Waals surface area (Å²) in [5.74, 6) is 5.34. The van der Waals surface area contributed by atoms with Crippen molar-refractivity contribution in [3.05, 3.63) is 18.1 Å². The first kappa shape index (κ1) is 15.3. The van der Waals surface area contributed by atoms with E-state index in [0.29, 0.717) is 19.0 Å². The third kappa shape index (κ3) is 5.19. The number of aromatic nitrogens is 2. The topological polar surface area (TPSA) is 102 Å². The molecule has 7 nitrogen and oxygen atoms in total. The van der Waals surface area contributed by atoms with Gasteiger partial charge in [-0.05, 0) is 11.8 Å². The van der Waals surface area contributed by atoms with E-state index in [1.807, 2.05) is 0 Å². The van der Waals surface area contributed by atoms with Gasteiger partial charge in [-0.15, -0.1) is 0 Å². The fourth-order valence-electron chi connectivity index (χ4n) is 1.40. The smallest absolute Gasteiger partial charge is 0.271 e. The zero-order valence-corrected chi connectivity index (χ0v) is 11.6. The van der Waals surface area contributed by atoms with Crippen LogP contribution < -0.4 is 16.6 Å². The Hall–Kier alpha value is -1.73. The predicted molar refractivity (Wildman–Crippen MR) is 72.4 cm³/mol. The Labute approximate surface area is 112 Å². The molecule has 1 aromatic heterocycles. The summed E-state index contributed by atoms with van der Waals surface area (Å²) in [6.45, 7) is 5.35. The zero-order valence-electron chi connectivity index (χ0n) is 11.6. The first-order valence-corrected chi connectivity index (χ1v) is 6.04. The lowest BCUT2D eigenvalue weighted by molar-refractivity contribution is 0.0915. The van der Waals surface area contributed by atoms with Crippen molar-refractivity contribution < 1.29 is 9.53 Å². The molecule has 0 aromatic carbocycles. The number of carbonyl (C=O) groups is 1. The Balaban J connectivity index is 2.50. The molecule has 1 rings (SSSR count). The summed E-state index contributed by atoms with van der Waals surface area (Å²) in [7, 11) is 1.66. The summed E-state index contributed by atoms with van der Waals surface area (Å²) in [5, 5.41) is 2.84. The van der Waals surface area contributed by atoms with Crippen LogP contribution in [0.3, 0.4) is 0 Å². The van der Waals surface area contributed by atoms with Gasteiger partial charge in [-0.25, -0.2) is 15.8 Å². The molecule has 0 unspecified atom stereocenters. The molecule has 1 aromatic rings.